The molecule has 0 saturated heterocycles. The van der Waals surface area contributed by atoms with Crippen LogP contribution in [-0.2, 0) is 11.3 Å². The van der Waals surface area contributed by atoms with Crippen molar-refractivity contribution >= 4 is 11.6 Å². The van der Waals surface area contributed by atoms with Crippen molar-refractivity contribution in [3.05, 3.63) is 90.0 Å². The Balaban J connectivity index is 1.56. The molecular weight excluding hydrogens is 354 g/mol. The lowest BCUT2D eigenvalue weighted by Gasteiger charge is -2.10. The molecular formula is C23H23NO4. The van der Waals surface area contributed by atoms with Crippen LogP contribution in [0.1, 0.15) is 15.9 Å². The van der Waals surface area contributed by atoms with Crippen LogP contribution in [0.5, 0.6) is 11.5 Å². The number of carbonyl (C=O) groups excluding carboxylic acids is 1. The van der Waals surface area contributed by atoms with Crippen molar-refractivity contribution in [2.24, 2.45) is 0 Å². The van der Waals surface area contributed by atoms with Gasteiger partial charge in [-0.25, -0.2) is 0 Å². The van der Waals surface area contributed by atoms with Crippen LogP contribution < -0.4 is 14.8 Å². The molecule has 0 aliphatic rings. The number of ether oxygens (including phenoxy) is 3. The Morgan fingerprint density at radius 1 is 0.821 bits per heavy atom. The van der Waals surface area contributed by atoms with Gasteiger partial charge in [0.1, 0.15) is 24.7 Å². The summed E-state index contributed by atoms with van der Waals surface area (Å²) >= 11 is 0. The maximum Gasteiger partial charge on any atom is 0.255 e. The van der Waals surface area contributed by atoms with Gasteiger partial charge < -0.3 is 19.5 Å². The smallest absolute Gasteiger partial charge is 0.255 e. The molecule has 0 aliphatic carbocycles. The molecule has 0 bridgehead atoms. The highest BCUT2D eigenvalue weighted by molar-refractivity contribution is 6.04. The number of hydrogen-bond acceptors (Lipinski definition) is 4. The minimum Gasteiger partial charge on any atom is -0.491 e. The molecule has 0 atom stereocenters. The Morgan fingerprint density at radius 2 is 1.61 bits per heavy atom. The number of nitrogens with one attached hydrogen (secondary N) is 1. The third-order valence-electron chi connectivity index (χ3n) is 4.01. The summed E-state index contributed by atoms with van der Waals surface area (Å²) in [7, 11) is 1.62. The average molecular weight is 377 g/mol. The molecule has 5 nitrogen and oxygen atoms in total. The van der Waals surface area contributed by atoms with E-state index in [1.807, 2.05) is 54.6 Å². The van der Waals surface area contributed by atoms with E-state index in [-0.39, 0.29) is 5.91 Å². The monoisotopic (exact) mass is 377 g/mol. The molecule has 0 aliphatic heterocycles. The predicted octanol–water partition coefficient (Wildman–Crippen LogP) is 4.54. The summed E-state index contributed by atoms with van der Waals surface area (Å²) in [6.45, 7) is 1.46. The molecule has 0 radical (unpaired) electrons. The van der Waals surface area contributed by atoms with E-state index in [2.05, 4.69) is 5.32 Å². The van der Waals surface area contributed by atoms with Gasteiger partial charge in [-0.3, -0.25) is 4.79 Å². The normalized spacial score (nSPS) is 10.3. The van der Waals surface area contributed by atoms with Crippen molar-refractivity contribution in [2.45, 2.75) is 6.61 Å². The first-order valence-electron chi connectivity index (χ1n) is 9.04. The van der Waals surface area contributed by atoms with E-state index in [0.717, 1.165) is 5.56 Å². The summed E-state index contributed by atoms with van der Waals surface area (Å²) in [5.41, 5.74) is 2.32. The van der Waals surface area contributed by atoms with Gasteiger partial charge in [-0.2, -0.15) is 0 Å². The lowest BCUT2D eigenvalue weighted by Crippen LogP contribution is -2.12. The Labute approximate surface area is 164 Å². The van der Waals surface area contributed by atoms with Gasteiger partial charge in [-0.1, -0.05) is 36.4 Å². The number of carbonyl (C=O) groups is 1. The molecule has 144 valence electrons. The third-order valence-corrected chi connectivity index (χ3v) is 4.01. The van der Waals surface area contributed by atoms with Crippen LogP contribution in [0.4, 0.5) is 5.69 Å². The van der Waals surface area contributed by atoms with Gasteiger partial charge in [0.25, 0.3) is 5.91 Å². The molecule has 5 heteroatoms. The fourth-order valence-electron chi connectivity index (χ4n) is 2.55. The number of anilines is 1. The Morgan fingerprint density at radius 3 is 2.36 bits per heavy atom. The van der Waals surface area contributed by atoms with E-state index < -0.39 is 0 Å². The standard InChI is InChI=1S/C23H23NO4/c1-26-14-15-27-21-12-10-19(11-13-21)23(25)24-20-8-5-9-22(16-20)28-17-18-6-3-2-4-7-18/h2-13,16H,14-15,17H2,1H3,(H,24,25). The molecule has 3 aromatic rings. The first kappa shape index (κ1) is 19.5. The van der Waals surface area contributed by atoms with Crippen LogP contribution >= 0.6 is 0 Å². The highest BCUT2D eigenvalue weighted by Gasteiger charge is 2.07. The second-order valence-electron chi connectivity index (χ2n) is 6.12. The highest BCUT2D eigenvalue weighted by Crippen LogP contribution is 2.20. The first-order chi connectivity index (χ1) is 13.7. The van der Waals surface area contributed by atoms with Crippen LogP contribution in [0.2, 0.25) is 0 Å². The van der Waals surface area contributed by atoms with Gasteiger partial charge in [-0.15, -0.1) is 0 Å². The van der Waals surface area contributed by atoms with E-state index >= 15 is 0 Å². The van der Waals surface area contributed by atoms with Crippen LogP contribution in [0, 0.1) is 0 Å². The van der Waals surface area contributed by atoms with Gasteiger partial charge in [0.05, 0.1) is 6.61 Å². The lowest BCUT2D eigenvalue weighted by atomic mass is 10.2. The van der Waals surface area contributed by atoms with Crippen molar-refractivity contribution in [3.8, 4) is 11.5 Å². The molecule has 0 saturated carbocycles. The molecule has 3 aromatic carbocycles. The number of amides is 1. The van der Waals surface area contributed by atoms with Crippen LogP contribution in [0.15, 0.2) is 78.9 Å². The first-order valence-corrected chi connectivity index (χ1v) is 9.04. The minimum atomic E-state index is -0.191. The molecule has 0 unspecified atom stereocenters. The molecule has 3 rings (SSSR count). The van der Waals surface area contributed by atoms with Crippen LogP contribution in [-0.4, -0.2) is 26.2 Å². The van der Waals surface area contributed by atoms with Crippen LogP contribution in [0.3, 0.4) is 0 Å². The second kappa shape index (κ2) is 10.1. The highest BCUT2D eigenvalue weighted by atomic mass is 16.5. The molecule has 1 amide bonds. The topological polar surface area (TPSA) is 56.8 Å². The maximum absolute atomic E-state index is 12.5. The number of rotatable bonds is 9. The summed E-state index contributed by atoms with van der Waals surface area (Å²) in [6, 6.07) is 24.3. The average Bonchev–Trinajstić information content (AvgIpc) is 2.74. The van der Waals surface area contributed by atoms with Crippen molar-refractivity contribution in [3.63, 3.8) is 0 Å². The molecule has 28 heavy (non-hydrogen) atoms. The molecule has 0 heterocycles. The van der Waals surface area contributed by atoms with Gasteiger partial charge in [-0.05, 0) is 42.0 Å². The zero-order valence-corrected chi connectivity index (χ0v) is 15.8. The van der Waals surface area contributed by atoms with E-state index in [1.54, 1.807) is 31.4 Å². The Bertz CT molecular complexity index is 879. The van der Waals surface area contributed by atoms with E-state index in [9.17, 15) is 4.79 Å². The maximum atomic E-state index is 12.5. The van der Waals surface area contributed by atoms with Crippen molar-refractivity contribution in [2.75, 3.05) is 25.6 Å². The van der Waals surface area contributed by atoms with Crippen LogP contribution in [0.25, 0.3) is 0 Å². The summed E-state index contributed by atoms with van der Waals surface area (Å²) in [6.07, 6.45) is 0. The lowest BCUT2D eigenvalue weighted by molar-refractivity contribution is 0.102. The zero-order valence-electron chi connectivity index (χ0n) is 15.8. The van der Waals surface area contributed by atoms with Crippen molar-refractivity contribution < 1.29 is 19.0 Å². The zero-order chi connectivity index (χ0) is 19.6. The van der Waals surface area contributed by atoms with E-state index in [4.69, 9.17) is 14.2 Å². The van der Waals surface area contributed by atoms with E-state index in [1.165, 1.54) is 0 Å². The second-order valence-corrected chi connectivity index (χ2v) is 6.12. The van der Waals surface area contributed by atoms with Gasteiger partial charge in [0.15, 0.2) is 0 Å². The van der Waals surface area contributed by atoms with Gasteiger partial charge in [0.2, 0.25) is 0 Å². The van der Waals surface area contributed by atoms with E-state index in [0.29, 0.717) is 42.6 Å². The number of methoxy groups -OCH3 is 1. The SMILES string of the molecule is COCCOc1ccc(C(=O)Nc2cccc(OCc3ccccc3)c2)cc1. The Kier molecular flexibility index (Phi) is 7.04. The van der Waals surface area contributed by atoms with Crippen molar-refractivity contribution in [1.82, 2.24) is 0 Å². The fourth-order valence-corrected chi connectivity index (χ4v) is 2.55. The number of hydrogen-bond donors (Lipinski definition) is 1. The molecule has 1 N–H and O–H groups in total. The van der Waals surface area contributed by atoms with Gasteiger partial charge in [0, 0.05) is 24.4 Å². The van der Waals surface area contributed by atoms with Gasteiger partial charge >= 0.3 is 0 Å². The predicted molar refractivity (Wildman–Crippen MR) is 109 cm³/mol. The quantitative estimate of drug-likeness (QED) is 0.556. The van der Waals surface area contributed by atoms with Crippen molar-refractivity contribution in [1.29, 1.82) is 0 Å². The largest absolute Gasteiger partial charge is 0.491 e. The molecule has 0 spiro atoms. The molecule has 0 fully saturated rings. The summed E-state index contributed by atoms with van der Waals surface area (Å²) < 4.78 is 16.3. The summed E-state index contributed by atoms with van der Waals surface area (Å²) in [4.78, 5) is 12.5. The minimum absolute atomic E-state index is 0.191. The summed E-state index contributed by atoms with van der Waals surface area (Å²) in [5, 5.41) is 2.89. The summed E-state index contributed by atoms with van der Waals surface area (Å²) in [5.74, 6) is 1.21. The third kappa shape index (κ3) is 5.86. The molecule has 0 aromatic heterocycles. The number of benzene rings is 3. The Hall–Kier alpha value is -3.31. The fraction of sp³-hybridized carbons (Fsp3) is 0.174.